The molecule has 29 heavy (non-hydrogen) atoms. The van der Waals surface area contributed by atoms with Gasteiger partial charge in [0.1, 0.15) is 6.61 Å². The molecule has 1 fully saturated rings. The lowest BCUT2D eigenvalue weighted by atomic mass is 9.85. The van der Waals surface area contributed by atoms with Crippen molar-refractivity contribution in [2.24, 2.45) is 5.92 Å². The van der Waals surface area contributed by atoms with Crippen molar-refractivity contribution in [3.8, 4) is 0 Å². The van der Waals surface area contributed by atoms with E-state index in [4.69, 9.17) is 8.92 Å². The second-order valence-electron chi connectivity index (χ2n) is 7.41. The highest BCUT2D eigenvalue weighted by atomic mass is 32.2. The fourth-order valence-electron chi connectivity index (χ4n) is 3.46. The van der Waals surface area contributed by atoms with Crippen molar-refractivity contribution in [2.75, 3.05) is 6.61 Å². The number of rotatable bonds is 7. The van der Waals surface area contributed by atoms with Crippen LogP contribution < -0.4 is 5.32 Å². The highest BCUT2D eigenvalue weighted by Gasteiger charge is 2.29. The Hall–Kier alpha value is -2.38. The number of carbonyl (C=O) groups is 1. The fourth-order valence-corrected chi connectivity index (χ4v) is 4.42. The summed E-state index contributed by atoms with van der Waals surface area (Å²) in [6.07, 6.45) is 3.04. The maximum Gasteiger partial charge on any atom is 0.407 e. The summed E-state index contributed by atoms with van der Waals surface area (Å²) < 4.78 is 35.5. The lowest BCUT2D eigenvalue weighted by molar-refractivity contribution is 0.118. The standard InChI is InChI=1S/C22H27NO5S/c1-17-11-13-20(14-12-17)29(25,26)28-16-19-9-5-6-10-21(19)23-22(24)27-15-18-7-3-2-4-8-18/h2-4,7-8,11-14,19,21H,5-6,9-10,15-16H2,1H3,(H,23,24)/t19-,21+/m0/s1. The number of amides is 1. The van der Waals surface area contributed by atoms with Gasteiger partial charge in [0.2, 0.25) is 0 Å². The van der Waals surface area contributed by atoms with Crippen LogP contribution in [0, 0.1) is 12.8 Å². The van der Waals surface area contributed by atoms with Crippen molar-refractivity contribution in [3.63, 3.8) is 0 Å². The summed E-state index contributed by atoms with van der Waals surface area (Å²) in [5, 5.41) is 2.89. The molecule has 3 rings (SSSR count). The van der Waals surface area contributed by atoms with Gasteiger partial charge in [-0.15, -0.1) is 0 Å². The van der Waals surface area contributed by atoms with Crippen molar-refractivity contribution in [2.45, 2.75) is 50.2 Å². The van der Waals surface area contributed by atoms with Crippen molar-refractivity contribution in [1.82, 2.24) is 5.32 Å². The van der Waals surface area contributed by atoms with Crippen LogP contribution in [-0.2, 0) is 25.6 Å². The van der Waals surface area contributed by atoms with Crippen LogP contribution >= 0.6 is 0 Å². The van der Waals surface area contributed by atoms with Gasteiger partial charge in [0.05, 0.1) is 11.5 Å². The minimum atomic E-state index is -3.82. The number of carbonyl (C=O) groups excluding carboxylic acids is 1. The van der Waals surface area contributed by atoms with Crippen LogP contribution in [0.3, 0.4) is 0 Å². The van der Waals surface area contributed by atoms with Gasteiger partial charge in [-0.1, -0.05) is 60.9 Å². The maximum absolute atomic E-state index is 12.4. The lowest BCUT2D eigenvalue weighted by Gasteiger charge is -2.31. The summed E-state index contributed by atoms with van der Waals surface area (Å²) in [4.78, 5) is 12.3. The Morgan fingerprint density at radius 1 is 1.03 bits per heavy atom. The van der Waals surface area contributed by atoms with Crippen LogP contribution in [0.4, 0.5) is 4.79 Å². The van der Waals surface area contributed by atoms with E-state index >= 15 is 0 Å². The molecule has 0 saturated heterocycles. The lowest BCUT2D eigenvalue weighted by Crippen LogP contribution is -2.44. The Labute approximate surface area is 172 Å². The summed E-state index contributed by atoms with van der Waals surface area (Å²) in [6, 6.07) is 15.9. The molecule has 0 heterocycles. The van der Waals surface area contributed by atoms with Crippen LogP contribution in [0.25, 0.3) is 0 Å². The van der Waals surface area contributed by atoms with Crippen LogP contribution in [0.1, 0.15) is 36.8 Å². The average molecular weight is 418 g/mol. The van der Waals surface area contributed by atoms with Crippen molar-refractivity contribution in [3.05, 3.63) is 65.7 Å². The van der Waals surface area contributed by atoms with E-state index in [0.717, 1.165) is 36.8 Å². The van der Waals surface area contributed by atoms with E-state index in [-0.39, 0.29) is 30.1 Å². The molecule has 1 amide bonds. The first-order valence-corrected chi connectivity index (χ1v) is 11.3. The number of alkyl carbamates (subject to hydrolysis) is 1. The quantitative estimate of drug-likeness (QED) is 0.683. The van der Waals surface area contributed by atoms with E-state index in [1.165, 1.54) is 0 Å². The molecule has 0 bridgehead atoms. The summed E-state index contributed by atoms with van der Waals surface area (Å²) in [5.41, 5.74) is 1.89. The molecular formula is C22H27NO5S. The summed E-state index contributed by atoms with van der Waals surface area (Å²) in [6.45, 7) is 2.13. The molecule has 156 valence electrons. The first kappa shape index (κ1) is 21.3. The zero-order valence-electron chi connectivity index (χ0n) is 16.5. The molecule has 0 aliphatic heterocycles. The number of benzene rings is 2. The van der Waals surface area contributed by atoms with Gasteiger partial charge in [-0.05, 0) is 37.5 Å². The summed E-state index contributed by atoms with van der Waals surface area (Å²) >= 11 is 0. The highest BCUT2D eigenvalue weighted by molar-refractivity contribution is 7.86. The van der Waals surface area contributed by atoms with E-state index in [9.17, 15) is 13.2 Å². The zero-order chi connectivity index (χ0) is 20.7. The second-order valence-corrected chi connectivity index (χ2v) is 9.02. The minimum absolute atomic E-state index is 0.0415. The van der Waals surface area contributed by atoms with E-state index in [1.54, 1.807) is 24.3 Å². The molecule has 2 aromatic carbocycles. The number of ether oxygens (including phenoxy) is 1. The van der Waals surface area contributed by atoms with Crippen molar-refractivity contribution in [1.29, 1.82) is 0 Å². The molecule has 1 N–H and O–H groups in total. The average Bonchev–Trinajstić information content (AvgIpc) is 2.73. The summed E-state index contributed by atoms with van der Waals surface area (Å²) in [5.74, 6) is -0.0757. The largest absolute Gasteiger partial charge is 0.445 e. The Balaban J connectivity index is 1.53. The second kappa shape index (κ2) is 9.89. The Kier molecular flexibility index (Phi) is 7.28. The van der Waals surface area contributed by atoms with Gasteiger partial charge in [-0.2, -0.15) is 8.42 Å². The van der Waals surface area contributed by atoms with E-state index in [0.29, 0.717) is 0 Å². The van der Waals surface area contributed by atoms with Gasteiger partial charge in [-0.25, -0.2) is 4.79 Å². The smallest absolute Gasteiger partial charge is 0.407 e. The third-order valence-electron chi connectivity index (χ3n) is 5.17. The molecule has 2 aromatic rings. The molecule has 7 heteroatoms. The van der Waals surface area contributed by atoms with E-state index in [2.05, 4.69) is 5.32 Å². The van der Waals surface area contributed by atoms with Gasteiger partial charge in [0, 0.05) is 12.0 Å². The van der Waals surface area contributed by atoms with Crippen molar-refractivity contribution >= 4 is 16.2 Å². The number of nitrogens with one attached hydrogen (secondary N) is 1. The topological polar surface area (TPSA) is 81.7 Å². The van der Waals surface area contributed by atoms with E-state index in [1.807, 2.05) is 37.3 Å². The maximum atomic E-state index is 12.4. The normalized spacial score (nSPS) is 19.5. The van der Waals surface area contributed by atoms with Gasteiger partial charge in [0.25, 0.3) is 10.1 Å². The molecule has 2 atom stereocenters. The number of aryl methyl sites for hydroxylation is 1. The molecular weight excluding hydrogens is 390 g/mol. The molecule has 0 aromatic heterocycles. The molecule has 0 unspecified atom stereocenters. The van der Waals surface area contributed by atoms with Gasteiger partial charge in [-0.3, -0.25) is 4.18 Å². The first-order valence-electron chi connectivity index (χ1n) is 9.87. The predicted molar refractivity (Wildman–Crippen MR) is 110 cm³/mol. The predicted octanol–water partition coefficient (Wildman–Crippen LogP) is 4.19. The van der Waals surface area contributed by atoms with Gasteiger partial charge >= 0.3 is 6.09 Å². The molecule has 0 radical (unpaired) electrons. The van der Waals surface area contributed by atoms with Gasteiger partial charge in [0.15, 0.2) is 0 Å². The van der Waals surface area contributed by atoms with Crippen LogP contribution in [-0.4, -0.2) is 27.2 Å². The molecule has 1 aliphatic carbocycles. The van der Waals surface area contributed by atoms with E-state index < -0.39 is 16.2 Å². The third kappa shape index (κ3) is 6.30. The Morgan fingerprint density at radius 2 is 1.72 bits per heavy atom. The molecule has 0 spiro atoms. The van der Waals surface area contributed by atoms with Crippen LogP contribution in [0.2, 0.25) is 0 Å². The van der Waals surface area contributed by atoms with Crippen LogP contribution in [0.15, 0.2) is 59.5 Å². The molecule has 1 saturated carbocycles. The molecule has 1 aliphatic rings. The third-order valence-corrected chi connectivity index (χ3v) is 6.47. The zero-order valence-corrected chi connectivity index (χ0v) is 17.4. The fraction of sp³-hybridized carbons (Fsp3) is 0.409. The van der Waals surface area contributed by atoms with Crippen LogP contribution in [0.5, 0.6) is 0 Å². The number of hydrogen-bond donors (Lipinski definition) is 1. The monoisotopic (exact) mass is 417 g/mol. The number of hydrogen-bond acceptors (Lipinski definition) is 5. The Bertz CT molecular complexity index is 897. The van der Waals surface area contributed by atoms with Gasteiger partial charge < -0.3 is 10.1 Å². The Morgan fingerprint density at radius 3 is 2.45 bits per heavy atom. The SMILES string of the molecule is Cc1ccc(S(=O)(=O)OC[C@@H]2CCCC[C@H]2NC(=O)OCc2ccccc2)cc1. The van der Waals surface area contributed by atoms with Crippen molar-refractivity contribution < 1.29 is 22.1 Å². The first-order chi connectivity index (χ1) is 13.9. The highest BCUT2D eigenvalue weighted by Crippen LogP contribution is 2.26. The minimum Gasteiger partial charge on any atom is -0.445 e. The molecule has 6 nitrogen and oxygen atoms in total. The summed E-state index contributed by atoms with van der Waals surface area (Å²) in [7, 11) is -3.82.